The number of ether oxygens (including phenoxy) is 1. The molecule has 0 saturated carbocycles. The van der Waals surface area contributed by atoms with E-state index >= 15 is 0 Å². The molecule has 0 saturated heterocycles. The zero-order valence-electron chi connectivity index (χ0n) is 18.0. The number of aryl methyl sites for hydroxylation is 2. The molecular formula is C26H23NO4S. The van der Waals surface area contributed by atoms with Crippen molar-refractivity contribution < 1.29 is 19.7 Å². The van der Waals surface area contributed by atoms with Gasteiger partial charge < -0.3 is 19.7 Å². The number of phenols is 1. The molecule has 6 heteroatoms. The first-order valence-corrected chi connectivity index (χ1v) is 10.9. The highest BCUT2D eigenvalue weighted by Crippen LogP contribution is 2.37. The highest BCUT2D eigenvalue weighted by Gasteiger charge is 2.16. The third-order valence-corrected chi connectivity index (χ3v) is 6.37. The summed E-state index contributed by atoms with van der Waals surface area (Å²) in [6.07, 6.45) is 0. The molecule has 0 spiro atoms. The number of fused-ring (bicyclic) bond motifs is 1. The van der Waals surface area contributed by atoms with E-state index in [1.165, 1.54) is 34.7 Å². The van der Waals surface area contributed by atoms with Gasteiger partial charge >= 0.3 is 5.97 Å². The normalized spacial score (nSPS) is 10.8. The first-order chi connectivity index (χ1) is 15.3. The van der Waals surface area contributed by atoms with Crippen LogP contribution >= 0.6 is 11.9 Å². The maximum atomic E-state index is 11.5. The van der Waals surface area contributed by atoms with Gasteiger partial charge in [-0.15, -0.1) is 0 Å². The molecule has 4 aromatic rings. The van der Waals surface area contributed by atoms with Crippen molar-refractivity contribution >= 4 is 34.4 Å². The first-order valence-electron chi connectivity index (χ1n) is 10.1. The molecule has 0 aliphatic heterocycles. The second-order valence-corrected chi connectivity index (χ2v) is 8.48. The van der Waals surface area contributed by atoms with Crippen molar-refractivity contribution in [3.63, 3.8) is 0 Å². The molecule has 0 bridgehead atoms. The highest BCUT2D eigenvalue weighted by molar-refractivity contribution is 8.00. The fourth-order valence-electron chi connectivity index (χ4n) is 3.47. The first kappa shape index (κ1) is 21.6. The highest BCUT2D eigenvalue weighted by atomic mass is 32.2. The van der Waals surface area contributed by atoms with Crippen molar-refractivity contribution in [3.05, 3.63) is 89.0 Å². The van der Waals surface area contributed by atoms with Gasteiger partial charge in [0.2, 0.25) is 0 Å². The lowest BCUT2D eigenvalue weighted by molar-refractivity contribution is 0.0693. The number of anilines is 1. The monoisotopic (exact) mass is 445 g/mol. The zero-order valence-corrected chi connectivity index (χ0v) is 18.8. The second-order valence-electron chi connectivity index (χ2n) is 7.63. The number of carboxylic acid groups (broad SMARTS) is 1. The average Bonchev–Trinajstić information content (AvgIpc) is 2.78. The summed E-state index contributed by atoms with van der Waals surface area (Å²) in [7, 11) is 0. The van der Waals surface area contributed by atoms with Gasteiger partial charge in [-0.3, -0.25) is 0 Å². The number of aromatic carboxylic acids is 1. The van der Waals surface area contributed by atoms with Crippen LogP contribution in [0.4, 0.5) is 5.69 Å². The van der Waals surface area contributed by atoms with E-state index in [-0.39, 0.29) is 11.3 Å². The van der Waals surface area contributed by atoms with Crippen molar-refractivity contribution in [2.75, 3.05) is 4.72 Å². The SMILES string of the molecule is Cc1cc(Oc2ccc(NSc3cc(C(=O)O)c(O)c4ccccc34)cc2)cc(C)c1C. The molecule has 32 heavy (non-hydrogen) atoms. The van der Waals surface area contributed by atoms with E-state index in [1.54, 1.807) is 12.1 Å². The Morgan fingerprint density at radius 1 is 0.875 bits per heavy atom. The number of aromatic hydroxyl groups is 1. The minimum absolute atomic E-state index is 0.125. The Bertz CT molecular complexity index is 1290. The lowest BCUT2D eigenvalue weighted by Crippen LogP contribution is -1.99. The molecule has 0 radical (unpaired) electrons. The summed E-state index contributed by atoms with van der Waals surface area (Å²) in [4.78, 5) is 12.2. The van der Waals surface area contributed by atoms with Crippen molar-refractivity contribution in [2.45, 2.75) is 25.7 Å². The van der Waals surface area contributed by atoms with E-state index in [0.717, 1.165) is 22.6 Å². The molecule has 0 amide bonds. The van der Waals surface area contributed by atoms with E-state index in [0.29, 0.717) is 10.3 Å². The van der Waals surface area contributed by atoms with Gasteiger partial charge in [0.1, 0.15) is 22.8 Å². The number of hydrogen-bond acceptors (Lipinski definition) is 5. The Kier molecular flexibility index (Phi) is 5.97. The van der Waals surface area contributed by atoms with E-state index in [4.69, 9.17) is 4.74 Å². The van der Waals surface area contributed by atoms with Gasteiger partial charge in [-0.25, -0.2) is 4.79 Å². The van der Waals surface area contributed by atoms with Crippen LogP contribution in [-0.2, 0) is 0 Å². The Morgan fingerprint density at radius 2 is 1.50 bits per heavy atom. The van der Waals surface area contributed by atoms with Gasteiger partial charge in [0.25, 0.3) is 0 Å². The largest absolute Gasteiger partial charge is 0.506 e. The minimum Gasteiger partial charge on any atom is -0.506 e. The lowest BCUT2D eigenvalue weighted by atomic mass is 10.0. The summed E-state index contributed by atoms with van der Waals surface area (Å²) in [6, 6.07) is 20.3. The van der Waals surface area contributed by atoms with Gasteiger partial charge in [-0.05, 0) is 91.9 Å². The van der Waals surface area contributed by atoms with Crippen LogP contribution in [-0.4, -0.2) is 16.2 Å². The van der Waals surface area contributed by atoms with Crippen molar-refractivity contribution in [3.8, 4) is 17.2 Å². The van der Waals surface area contributed by atoms with Crippen LogP contribution in [0.15, 0.2) is 71.6 Å². The number of benzene rings is 4. The fraction of sp³-hybridized carbons (Fsp3) is 0.115. The molecule has 4 rings (SSSR count). The summed E-state index contributed by atoms with van der Waals surface area (Å²) in [6.45, 7) is 6.24. The van der Waals surface area contributed by atoms with E-state index in [9.17, 15) is 15.0 Å². The number of nitrogens with one attached hydrogen (secondary N) is 1. The maximum absolute atomic E-state index is 11.5. The van der Waals surface area contributed by atoms with E-state index in [1.807, 2.05) is 48.5 Å². The molecule has 0 atom stereocenters. The fourth-order valence-corrected chi connectivity index (χ4v) is 4.30. The van der Waals surface area contributed by atoms with Gasteiger partial charge in [0.05, 0.1) is 0 Å². The summed E-state index contributed by atoms with van der Waals surface area (Å²) in [5, 5.41) is 21.0. The van der Waals surface area contributed by atoms with Gasteiger partial charge in [-0.2, -0.15) is 0 Å². The van der Waals surface area contributed by atoms with Crippen molar-refractivity contribution in [2.24, 2.45) is 0 Å². The summed E-state index contributed by atoms with van der Waals surface area (Å²) < 4.78 is 9.24. The maximum Gasteiger partial charge on any atom is 0.339 e. The standard InChI is InChI=1S/C26H23NO4S/c1-15-12-20(13-16(2)17(15)3)31-19-10-8-18(9-11-19)27-32-24-14-23(26(29)30)25(28)22-7-5-4-6-21(22)24/h4-14,27-28H,1-3H3,(H,29,30). The Morgan fingerprint density at radius 3 is 2.12 bits per heavy atom. The molecule has 0 heterocycles. The molecule has 0 unspecified atom stereocenters. The quantitative estimate of drug-likeness (QED) is 0.275. The average molecular weight is 446 g/mol. The molecular weight excluding hydrogens is 422 g/mol. The Balaban J connectivity index is 1.52. The third-order valence-electron chi connectivity index (χ3n) is 5.48. The number of hydrogen-bond donors (Lipinski definition) is 3. The summed E-state index contributed by atoms with van der Waals surface area (Å²) in [5.74, 6) is 0.141. The molecule has 0 aliphatic rings. The van der Waals surface area contributed by atoms with Crippen LogP contribution in [0.5, 0.6) is 17.2 Å². The number of rotatable bonds is 6. The van der Waals surface area contributed by atoms with Gasteiger partial charge in [-0.1, -0.05) is 24.3 Å². The third kappa shape index (κ3) is 4.36. The molecule has 3 N–H and O–H groups in total. The summed E-state index contributed by atoms with van der Waals surface area (Å²) >= 11 is 1.29. The van der Waals surface area contributed by atoms with Crippen LogP contribution in [0, 0.1) is 20.8 Å². The Hall–Kier alpha value is -3.64. The van der Waals surface area contributed by atoms with E-state index < -0.39 is 5.97 Å². The van der Waals surface area contributed by atoms with Crippen LogP contribution in [0.2, 0.25) is 0 Å². The van der Waals surface area contributed by atoms with Crippen molar-refractivity contribution in [1.29, 1.82) is 0 Å². The predicted molar refractivity (Wildman–Crippen MR) is 129 cm³/mol. The predicted octanol–water partition coefficient (Wildman–Crippen LogP) is 7.08. The molecule has 0 fully saturated rings. The molecule has 162 valence electrons. The van der Waals surface area contributed by atoms with Crippen LogP contribution < -0.4 is 9.46 Å². The lowest BCUT2D eigenvalue weighted by Gasteiger charge is -2.13. The zero-order chi connectivity index (χ0) is 22.8. The van der Waals surface area contributed by atoms with Crippen LogP contribution in [0.1, 0.15) is 27.0 Å². The van der Waals surface area contributed by atoms with Gasteiger partial charge in [0, 0.05) is 21.4 Å². The minimum atomic E-state index is -1.17. The molecule has 5 nitrogen and oxygen atoms in total. The van der Waals surface area contributed by atoms with Crippen molar-refractivity contribution in [1.82, 2.24) is 0 Å². The van der Waals surface area contributed by atoms with Gasteiger partial charge in [0.15, 0.2) is 0 Å². The smallest absolute Gasteiger partial charge is 0.339 e. The van der Waals surface area contributed by atoms with Crippen LogP contribution in [0.25, 0.3) is 10.8 Å². The molecule has 0 aromatic heterocycles. The van der Waals surface area contributed by atoms with E-state index in [2.05, 4.69) is 25.5 Å². The summed E-state index contributed by atoms with van der Waals surface area (Å²) in [5.41, 5.74) is 4.36. The number of carbonyl (C=O) groups is 1. The number of carboxylic acids is 1. The second kappa shape index (κ2) is 8.85. The molecule has 0 aliphatic carbocycles. The Labute approximate surface area is 190 Å². The van der Waals surface area contributed by atoms with Crippen LogP contribution in [0.3, 0.4) is 0 Å². The topological polar surface area (TPSA) is 78.8 Å². The molecule has 4 aromatic carbocycles.